The van der Waals surface area contributed by atoms with Gasteiger partial charge in [0.1, 0.15) is 5.75 Å². The first kappa shape index (κ1) is 17.6. The molecule has 5 heteroatoms. The second-order valence-electron chi connectivity index (χ2n) is 5.97. The Morgan fingerprint density at radius 1 is 1.30 bits per heavy atom. The van der Waals surface area contributed by atoms with Gasteiger partial charge in [-0.3, -0.25) is 4.99 Å². The van der Waals surface area contributed by atoms with Crippen LogP contribution in [-0.4, -0.2) is 43.9 Å². The first-order chi connectivity index (χ1) is 11.2. The molecule has 3 N–H and O–H groups in total. The van der Waals surface area contributed by atoms with Crippen LogP contribution in [0.1, 0.15) is 31.7 Å². The van der Waals surface area contributed by atoms with Crippen molar-refractivity contribution in [3.8, 4) is 5.75 Å². The van der Waals surface area contributed by atoms with Gasteiger partial charge in [-0.2, -0.15) is 0 Å². The number of hydrogen-bond acceptors (Lipinski definition) is 3. The van der Waals surface area contributed by atoms with Gasteiger partial charge in [0, 0.05) is 25.6 Å². The van der Waals surface area contributed by atoms with Crippen molar-refractivity contribution in [2.75, 3.05) is 26.7 Å². The van der Waals surface area contributed by atoms with Crippen LogP contribution in [0.4, 0.5) is 0 Å². The summed E-state index contributed by atoms with van der Waals surface area (Å²) in [6, 6.07) is 8.07. The van der Waals surface area contributed by atoms with E-state index in [1.807, 2.05) is 18.2 Å². The summed E-state index contributed by atoms with van der Waals surface area (Å²) in [7, 11) is 1.70. The van der Waals surface area contributed by atoms with Gasteiger partial charge in [-0.05, 0) is 37.8 Å². The first-order valence-electron chi connectivity index (χ1n) is 8.56. The molecule has 0 bridgehead atoms. The highest BCUT2D eigenvalue weighted by Crippen LogP contribution is 2.25. The summed E-state index contributed by atoms with van der Waals surface area (Å²) in [5.74, 6) is 2.05. The maximum absolute atomic E-state index is 9.89. The largest absolute Gasteiger partial charge is 0.496 e. The maximum Gasteiger partial charge on any atom is 0.191 e. The van der Waals surface area contributed by atoms with Crippen LogP contribution < -0.4 is 15.4 Å². The molecule has 2 unspecified atom stereocenters. The fourth-order valence-corrected chi connectivity index (χ4v) is 3.01. The molecule has 0 saturated heterocycles. The van der Waals surface area contributed by atoms with Crippen LogP contribution in [0.3, 0.4) is 0 Å². The molecule has 1 fully saturated rings. The molecule has 128 valence electrons. The molecule has 0 heterocycles. The highest BCUT2D eigenvalue weighted by atomic mass is 16.5. The lowest BCUT2D eigenvalue weighted by atomic mass is 10.1. The number of rotatable bonds is 7. The van der Waals surface area contributed by atoms with Crippen molar-refractivity contribution in [1.29, 1.82) is 0 Å². The summed E-state index contributed by atoms with van der Waals surface area (Å²) < 4.78 is 5.38. The molecule has 1 aliphatic carbocycles. The van der Waals surface area contributed by atoms with Crippen LogP contribution in [0.5, 0.6) is 5.75 Å². The minimum absolute atomic E-state index is 0.185. The van der Waals surface area contributed by atoms with Crippen LogP contribution in [0.25, 0.3) is 0 Å². The Morgan fingerprint density at radius 3 is 2.83 bits per heavy atom. The number of aliphatic imine (C=N–C) groups is 1. The number of guanidine groups is 1. The number of hydrogen-bond donors (Lipinski definition) is 3. The van der Waals surface area contributed by atoms with E-state index in [1.165, 1.54) is 5.56 Å². The van der Waals surface area contributed by atoms with Gasteiger partial charge in [-0.25, -0.2) is 0 Å². The summed E-state index contributed by atoms with van der Waals surface area (Å²) in [6.07, 6.45) is 3.79. The van der Waals surface area contributed by atoms with E-state index in [1.54, 1.807) is 7.11 Å². The fourth-order valence-electron chi connectivity index (χ4n) is 3.01. The Kier molecular flexibility index (Phi) is 7.20. The SMILES string of the molecule is CCNC(=NCC1CCCC1O)NCCc1ccccc1OC. The third-order valence-corrected chi connectivity index (χ3v) is 4.33. The van der Waals surface area contributed by atoms with Crippen molar-refractivity contribution in [2.24, 2.45) is 10.9 Å². The molecule has 23 heavy (non-hydrogen) atoms. The van der Waals surface area contributed by atoms with E-state index >= 15 is 0 Å². The fraction of sp³-hybridized carbons (Fsp3) is 0.611. The van der Waals surface area contributed by atoms with E-state index in [-0.39, 0.29) is 6.10 Å². The number of benzene rings is 1. The number of methoxy groups -OCH3 is 1. The molecule has 0 aliphatic heterocycles. The molecule has 2 atom stereocenters. The van der Waals surface area contributed by atoms with Crippen molar-refractivity contribution in [2.45, 2.75) is 38.7 Å². The molecule has 1 aromatic rings. The Labute approximate surface area is 139 Å². The summed E-state index contributed by atoms with van der Waals surface area (Å²) in [4.78, 5) is 4.62. The van der Waals surface area contributed by atoms with Gasteiger partial charge in [0.2, 0.25) is 0 Å². The zero-order chi connectivity index (χ0) is 16.5. The quantitative estimate of drug-likeness (QED) is 0.531. The maximum atomic E-state index is 9.89. The first-order valence-corrected chi connectivity index (χ1v) is 8.56. The number of para-hydroxylation sites is 1. The van der Waals surface area contributed by atoms with Gasteiger partial charge < -0.3 is 20.5 Å². The van der Waals surface area contributed by atoms with Crippen LogP contribution in [0.2, 0.25) is 0 Å². The Balaban J connectivity index is 1.84. The second-order valence-corrected chi connectivity index (χ2v) is 5.97. The monoisotopic (exact) mass is 319 g/mol. The van der Waals surface area contributed by atoms with Gasteiger partial charge in [0.05, 0.1) is 13.2 Å². The Morgan fingerprint density at radius 2 is 2.13 bits per heavy atom. The van der Waals surface area contributed by atoms with Crippen LogP contribution in [0, 0.1) is 5.92 Å². The molecule has 1 aromatic carbocycles. The number of aliphatic hydroxyl groups is 1. The third-order valence-electron chi connectivity index (χ3n) is 4.33. The molecule has 1 aliphatic rings. The predicted octanol–water partition coefficient (Wildman–Crippen LogP) is 1.95. The Hall–Kier alpha value is -1.75. The smallest absolute Gasteiger partial charge is 0.191 e. The molecular formula is C18H29N3O2. The summed E-state index contributed by atoms with van der Waals surface area (Å²) in [5, 5.41) is 16.5. The van der Waals surface area contributed by atoms with Crippen molar-refractivity contribution >= 4 is 5.96 Å². The second kappa shape index (κ2) is 9.40. The standard InChI is InChI=1S/C18H29N3O2/c1-3-19-18(21-13-15-8-6-9-16(15)22)20-12-11-14-7-4-5-10-17(14)23-2/h4-5,7,10,15-16,22H,3,6,8-9,11-13H2,1-2H3,(H2,19,20,21). The number of aliphatic hydroxyl groups excluding tert-OH is 1. The zero-order valence-corrected chi connectivity index (χ0v) is 14.2. The van der Waals surface area contributed by atoms with Crippen LogP contribution in [0.15, 0.2) is 29.3 Å². The minimum atomic E-state index is -0.185. The zero-order valence-electron chi connectivity index (χ0n) is 14.2. The van der Waals surface area contributed by atoms with Crippen LogP contribution >= 0.6 is 0 Å². The average Bonchev–Trinajstić information content (AvgIpc) is 2.98. The normalized spacial score (nSPS) is 21.3. The van der Waals surface area contributed by atoms with Crippen molar-refractivity contribution in [3.05, 3.63) is 29.8 Å². The lowest BCUT2D eigenvalue weighted by molar-refractivity contribution is 0.136. The highest BCUT2D eigenvalue weighted by molar-refractivity contribution is 5.79. The van der Waals surface area contributed by atoms with E-state index in [4.69, 9.17) is 4.74 Å². The van der Waals surface area contributed by atoms with Gasteiger partial charge in [0.25, 0.3) is 0 Å². The molecular weight excluding hydrogens is 290 g/mol. The Bertz CT molecular complexity index is 505. The topological polar surface area (TPSA) is 65.9 Å². The summed E-state index contributed by atoms with van der Waals surface area (Å²) in [5.41, 5.74) is 1.18. The molecule has 2 rings (SSSR count). The molecule has 5 nitrogen and oxygen atoms in total. The molecule has 1 saturated carbocycles. The van der Waals surface area contributed by atoms with Crippen molar-refractivity contribution < 1.29 is 9.84 Å². The lowest BCUT2D eigenvalue weighted by Crippen LogP contribution is -2.39. The van der Waals surface area contributed by atoms with E-state index in [0.29, 0.717) is 12.5 Å². The average molecular weight is 319 g/mol. The lowest BCUT2D eigenvalue weighted by Gasteiger charge is -2.15. The van der Waals surface area contributed by atoms with E-state index in [0.717, 1.165) is 50.5 Å². The van der Waals surface area contributed by atoms with E-state index < -0.39 is 0 Å². The van der Waals surface area contributed by atoms with Gasteiger partial charge >= 0.3 is 0 Å². The number of nitrogens with zero attached hydrogens (tertiary/aromatic N) is 1. The van der Waals surface area contributed by atoms with E-state index in [2.05, 4.69) is 28.6 Å². The van der Waals surface area contributed by atoms with Gasteiger partial charge in [0.15, 0.2) is 5.96 Å². The molecule has 0 radical (unpaired) electrons. The summed E-state index contributed by atoms with van der Waals surface area (Å²) >= 11 is 0. The third kappa shape index (κ3) is 5.43. The predicted molar refractivity (Wildman–Crippen MR) is 94.0 cm³/mol. The van der Waals surface area contributed by atoms with Gasteiger partial charge in [-0.1, -0.05) is 24.6 Å². The molecule has 0 aromatic heterocycles. The minimum Gasteiger partial charge on any atom is -0.496 e. The molecule has 0 spiro atoms. The van der Waals surface area contributed by atoms with Crippen molar-refractivity contribution in [1.82, 2.24) is 10.6 Å². The van der Waals surface area contributed by atoms with E-state index in [9.17, 15) is 5.11 Å². The van der Waals surface area contributed by atoms with Crippen LogP contribution in [-0.2, 0) is 6.42 Å². The molecule has 0 amide bonds. The highest BCUT2D eigenvalue weighted by Gasteiger charge is 2.24. The number of nitrogens with one attached hydrogen (secondary N) is 2. The summed E-state index contributed by atoms with van der Waals surface area (Å²) in [6.45, 7) is 4.36. The van der Waals surface area contributed by atoms with Crippen molar-refractivity contribution in [3.63, 3.8) is 0 Å². The van der Waals surface area contributed by atoms with Gasteiger partial charge in [-0.15, -0.1) is 0 Å². The number of ether oxygens (including phenoxy) is 1.